The monoisotopic (exact) mass is 471 g/mol. The maximum Gasteiger partial charge on any atom is 0.245 e. The summed E-state index contributed by atoms with van der Waals surface area (Å²) < 4.78 is 6.68. The lowest BCUT2D eigenvalue weighted by atomic mass is 9.65. The maximum atomic E-state index is 13.8. The number of benzene rings is 1. The first kappa shape index (κ1) is 24.7. The lowest BCUT2D eigenvalue weighted by molar-refractivity contribution is -0.150. The van der Waals surface area contributed by atoms with Crippen LogP contribution in [0.3, 0.4) is 0 Å². The van der Waals surface area contributed by atoms with E-state index in [1.807, 2.05) is 44.2 Å². The first-order valence-electron chi connectivity index (χ1n) is 12.6. The topological polar surface area (TPSA) is 108 Å². The highest BCUT2D eigenvalue weighted by atomic mass is 16.5. The number of hydrogen-bond acceptors (Lipinski definition) is 5. The number of nitrogens with one attached hydrogen (secondary N) is 2. The van der Waals surface area contributed by atoms with E-state index >= 15 is 0 Å². The molecule has 3 amide bonds. The predicted molar refractivity (Wildman–Crippen MR) is 126 cm³/mol. The van der Waals surface area contributed by atoms with Gasteiger partial charge in [-0.05, 0) is 38.2 Å². The molecule has 3 heterocycles. The van der Waals surface area contributed by atoms with Gasteiger partial charge in [-0.25, -0.2) is 0 Å². The van der Waals surface area contributed by atoms with Crippen LogP contribution >= 0.6 is 0 Å². The van der Waals surface area contributed by atoms with Gasteiger partial charge in [0.15, 0.2) is 0 Å². The number of nitrogens with zero attached hydrogens (tertiary/aromatic N) is 1. The molecule has 8 heteroatoms. The highest BCUT2D eigenvalue weighted by Crippen LogP contribution is 2.64. The Hall–Kier alpha value is -2.45. The molecule has 1 aromatic rings. The fraction of sp³-hybridized carbons (Fsp3) is 0.654. The summed E-state index contributed by atoms with van der Waals surface area (Å²) in [5, 5.41) is 15.9. The van der Waals surface area contributed by atoms with Gasteiger partial charge in [-0.2, -0.15) is 0 Å². The van der Waals surface area contributed by atoms with E-state index in [1.54, 1.807) is 6.92 Å². The van der Waals surface area contributed by atoms with Crippen molar-refractivity contribution in [3.63, 3.8) is 0 Å². The molecule has 3 saturated heterocycles. The van der Waals surface area contributed by atoms with Crippen LogP contribution in [0.15, 0.2) is 30.3 Å². The standard InChI is InChI=1S/C26H37N3O5/c1-4-6-14-27-23(32)21-26-13-12-25(5-2,34-26)19(20(26)24(33)29(21)17(3)16-30)22(31)28-15-18-10-8-7-9-11-18/h7-11,17,19-21,30H,4-6,12-16H2,1-3H3,(H,27,32)(H,28,31)/t17-,19-,20+,21?,25+,26?/m1/s1. The minimum absolute atomic E-state index is 0.214. The Morgan fingerprint density at radius 1 is 1.18 bits per heavy atom. The van der Waals surface area contributed by atoms with Gasteiger partial charge in [-0.3, -0.25) is 14.4 Å². The Morgan fingerprint density at radius 3 is 2.56 bits per heavy atom. The van der Waals surface area contributed by atoms with E-state index in [0.29, 0.717) is 32.4 Å². The van der Waals surface area contributed by atoms with Crippen molar-refractivity contribution in [3.8, 4) is 0 Å². The summed E-state index contributed by atoms with van der Waals surface area (Å²) in [5.74, 6) is -2.17. The van der Waals surface area contributed by atoms with Crippen molar-refractivity contribution in [1.29, 1.82) is 0 Å². The zero-order chi connectivity index (χ0) is 24.5. The Balaban J connectivity index is 1.66. The molecule has 2 unspecified atom stereocenters. The van der Waals surface area contributed by atoms with Crippen molar-refractivity contribution < 1.29 is 24.2 Å². The number of unbranched alkanes of at least 4 members (excludes halogenated alkanes) is 1. The summed E-state index contributed by atoms with van der Waals surface area (Å²) in [6.07, 6.45) is 3.52. The number of carbonyl (C=O) groups is 3. The maximum absolute atomic E-state index is 13.8. The molecule has 2 bridgehead atoms. The number of ether oxygens (including phenoxy) is 1. The van der Waals surface area contributed by atoms with Crippen LogP contribution in [0.2, 0.25) is 0 Å². The fourth-order valence-electron chi connectivity index (χ4n) is 6.30. The van der Waals surface area contributed by atoms with Gasteiger partial charge in [-0.1, -0.05) is 50.6 Å². The first-order chi connectivity index (χ1) is 16.3. The molecule has 1 aromatic carbocycles. The number of rotatable bonds is 10. The van der Waals surface area contributed by atoms with Gasteiger partial charge in [0.25, 0.3) is 0 Å². The molecule has 3 aliphatic heterocycles. The third-order valence-electron chi connectivity index (χ3n) is 8.03. The van der Waals surface area contributed by atoms with Gasteiger partial charge in [0.05, 0.1) is 30.1 Å². The Morgan fingerprint density at radius 2 is 1.91 bits per heavy atom. The van der Waals surface area contributed by atoms with E-state index in [4.69, 9.17) is 4.74 Å². The van der Waals surface area contributed by atoms with E-state index < -0.39 is 35.1 Å². The smallest absolute Gasteiger partial charge is 0.245 e. The number of amides is 3. The van der Waals surface area contributed by atoms with Crippen molar-refractivity contribution in [2.24, 2.45) is 11.8 Å². The van der Waals surface area contributed by atoms with Crippen molar-refractivity contribution in [2.45, 2.75) is 82.7 Å². The third-order valence-corrected chi connectivity index (χ3v) is 8.03. The predicted octanol–water partition coefficient (Wildman–Crippen LogP) is 1.75. The summed E-state index contributed by atoms with van der Waals surface area (Å²) in [7, 11) is 0. The zero-order valence-electron chi connectivity index (χ0n) is 20.4. The SMILES string of the molecule is CCCCNC(=O)C1N([C@H](C)CO)C(=O)[C@@H]2[C@H](C(=O)NCc3ccccc3)[C@]3(CC)CCC12O3. The van der Waals surface area contributed by atoms with Crippen molar-refractivity contribution >= 4 is 17.7 Å². The Kier molecular flexibility index (Phi) is 7.01. The second-order valence-electron chi connectivity index (χ2n) is 9.96. The molecule has 3 aliphatic rings. The highest BCUT2D eigenvalue weighted by Gasteiger charge is 2.78. The Bertz CT molecular complexity index is 924. The molecule has 0 saturated carbocycles. The van der Waals surface area contributed by atoms with Crippen LogP contribution in [0, 0.1) is 11.8 Å². The molecule has 4 rings (SSSR count). The zero-order valence-corrected chi connectivity index (χ0v) is 20.4. The van der Waals surface area contributed by atoms with Gasteiger partial charge >= 0.3 is 0 Å². The average molecular weight is 472 g/mol. The third kappa shape index (κ3) is 3.81. The average Bonchev–Trinajstić information content (AvgIpc) is 3.46. The Labute approximate surface area is 201 Å². The van der Waals surface area contributed by atoms with Crippen LogP contribution in [0.5, 0.6) is 0 Å². The van der Waals surface area contributed by atoms with Crippen LogP contribution in [0.1, 0.15) is 58.4 Å². The largest absolute Gasteiger partial charge is 0.394 e. The molecule has 3 N–H and O–H groups in total. The molecule has 3 fully saturated rings. The number of aliphatic hydroxyl groups excluding tert-OH is 1. The first-order valence-corrected chi connectivity index (χ1v) is 12.6. The molecular formula is C26H37N3O5. The molecule has 186 valence electrons. The number of carbonyl (C=O) groups excluding carboxylic acids is 3. The quantitative estimate of drug-likeness (QED) is 0.451. The summed E-state index contributed by atoms with van der Waals surface area (Å²) in [6.45, 7) is 6.37. The van der Waals surface area contributed by atoms with E-state index in [0.717, 1.165) is 18.4 Å². The lowest BCUT2D eigenvalue weighted by Crippen LogP contribution is -2.57. The van der Waals surface area contributed by atoms with Crippen LogP contribution in [-0.2, 0) is 25.7 Å². The van der Waals surface area contributed by atoms with Crippen LogP contribution in [0.4, 0.5) is 0 Å². The lowest BCUT2D eigenvalue weighted by Gasteiger charge is -2.36. The van der Waals surface area contributed by atoms with Gasteiger partial charge in [0.2, 0.25) is 17.7 Å². The molecule has 0 aromatic heterocycles. The van der Waals surface area contributed by atoms with E-state index in [9.17, 15) is 19.5 Å². The van der Waals surface area contributed by atoms with Gasteiger partial charge in [0.1, 0.15) is 11.6 Å². The second kappa shape index (κ2) is 9.66. The van der Waals surface area contributed by atoms with Crippen molar-refractivity contribution in [2.75, 3.05) is 13.2 Å². The van der Waals surface area contributed by atoms with Crippen LogP contribution in [0.25, 0.3) is 0 Å². The molecule has 1 spiro atoms. The normalized spacial score (nSPS) is 32.5. The van der Waals surface area contributed by atoms with Crippen molar-refractivity contribution in [1.82, 2.24) is 15.5 Å². The van der Waals surface area contributed by atoms with Gasteiger partial charge < -0.3 is 25.4 Å². The molecule has 0 radical (unpaired) electrons. The summed E-state index contributed by atoms with van der Waals surface area (Å²) in [5.41, 5.74) is -0.847. The molecule has 8 nitrogen and oxygen atoms in total. The van der Waals surface area contributed by atoms with Crippen LogP contribution < -0.4 is 10.6 Å². The second-order valence-corrected chi connectivity index (χ2v) is 9.96. The summed E-state index contributed by atoms with van der Waals surface area (Å²) >= 11 is 0. The number of aliphatic hydroxyl groups is 1. The summed E-state index contributed by atoms with van der Waals surface area (Å²) in [4.78, 5) is 42.3. The number of hydrogen-bond donors (Lipinski definition) is 3. The fourth-order valence-corrected chi connectivity index (χ4v) is 6.30. The van der Waals surface area contributed by atoms with Gasteiger partial charge in [-0.15, -0.1) is 0 Å². The minimum Gasteiger partial charge on any atom is -0.394 e. The van der Waals surface area contributed by atoms with Crippen LogP contribution in [-0.4, -0.2) is 64.2 Å². The molecule has 34 heavy (non-hydrogen) atoms. The number of likely N-dealkylation sites (tertiary alicyclic amines) is 1. The van der Waals surface area contributed by atoms with E-state index in [2.05, 4.69) is 10.6 Å². The summed E-state index contributed by atoms with van der Waals surface area (Å²) in [6, 6.07) is 8.23. The van der Waals surface area contributed by atoms with E-state index in [1.165, 1.54) is 4.90 Å². The van der Waals surface area contributed by atoms with E-state index in [-0.39, 0.29) is 24.3 Å². The van der Waals surface area contributed by atoms with Gasteiger partial charge in [0, 0.05) is 13.1 Å². The molecule has 6 atom stereocenters. The highest BCUT2D eigenvalue weighted by molar-refractivity contribution is 5.99. The number of fused-ring (bicyclic) bond motifs is 1. The minimum atomic E-state index is -1.05. The molecular weight excluding hydrogens is 434 g/mol. The van der Waals surface area contributed by atoms with Crippen molar-refractivity contribution in [3.05, 3.63) is 35.9 Å². The molecule has 0 aliphatic carbocycles.